The van der Waals surface area contributed by atoms with E-state index in [0.29, 0.717) is 16.4 Å². The number of benzene rings is 1. The molecule has 2 N–H and O–H groups in total. The van der Waals surface area contributed by atoms with E-state index in [1.54, 1.807) is 6.20 Å². The summed E-state index contributed by atoms with van der Waals surface area (Å²) in [6.07, 6.45) is 9.12. The number of nitrogens with zero attached hydrogens (tertiary/aromatic N) is 4. The Kier molecular flexibility index (Phi) is 5.36. The number of anilines is 1. The maximum absolute atomic E-state index is 13.8. The van der Waals surface area contributed by atoms with Crippen LogP contribution < -0.4 is 5.73 Å². The second-order valence-electron chi connectivity index (χ2n) is 8.22. The van der Waals surface area contributed by atoms with Crippen LogP contribution in [0.3, 0.4) is 0 Å². The van der Waals surface area contributed by atoms with Crippen molar-refractivity contribution in [2.24, 2.45) is 0 Å². The molecule has 0 saturated heterocycles. The number of aryl methyl sites for hydroxylation is 1. The van der Waals surface area contributed by atoms with Crippen molar-refractivity contribution < 1.29 is 3.89 Å². The summed E-state index contributed by atoms with van der Waals surface area (Å²) < 4.78 is 15.4. The Morgan fingerprint density at radius 3 is 2.42 bits per heavy atom. The lowest BCUT2D eigenvalue weighted by atomic mass is 9.86. The molecule has 31 heavy (non-hydrogen) atoms. The van der Waals surface area contributed by atoms with Crippen LogP contribution in [0, 0.1) is 6.92 Å². The molecule has 1 aliphatic rings. The van der Waals surface area contributed by atoms with E-state index in [2.05, 4.69) is 41.3 Å². The molecule has 4 aromatic rings. The third-order valence-corrected chi connectivity index (χ3v) is 6.73. The smallest absolute Gasteiger partial charge is 0.165 e. The van der Waals surface area contributed by atoms with Crippen LogP contribution in [0.5, 0.6) is 0 Å². The number of nitrogen functional groups attached to an aromatic ring is 1. The van der Waals surface area contributed by atoms with Gasteiger partial charge in [-0.15, -0.1) is 0 Å². The molecule has 0 spiro atoms. The summed E-state index contributed by atoms with van der Waals surface area (Å²) in [5, 5.41) is 4.40. The highest BCUT2D eigenvalue weighted by molar-refractivity contribution is 7.94. The SMILES string of the molecule is Cc1ccc(-c2ccc(-c3cnn4c(N)c(SF)c(C5CCCCC5)nc34)cn2)cc1. The molecular weight excluding hydrogens is 409 g/mol. The first-order chi connectivity index (χ1) is 15.2. The van der Waals surface area contributed by atoms with E-state index < -0.39 is 0 Å². The van der Waals surface area contributed by atoms with Gasteiger partial charge in [0.05, 0.1) is 29.7 Å². The molecule has 5 nitrogen and oxygen atoms in total. The predicted octanol–water partition coefficient (Wildman–Crippen LogP) is 6.37. The van der Waals surface area contributed by atoms with Crippen LogP contribution in [0.4, 0.5) is 9.70 Å². The highest BCUT2D eigenvalue weighted by Crippen LogP contribution is 2.41. The Morgan fingerprint density at radius 2 is 1.74 bits per heavy atom. The average molecular weight is 434 g/mol. The quantitative estimate of drug-likeness (QED) is 0.405. The van der Waals surface area contributed by atoms with Crippen molar-refractivity contribution in [2.45, 2.75) is 49.8 Å². The van der Waals surface area contributed by atoms with E-state index in [-0.39, 0.29) is 18.1 Å². The lowest BCUT2D eigenvalue weighted by molar-refractivity contribution is 0.432. The fourth-order valence-electron chi connectivity index (χ4n) is 4.40. The zero-order valence-corrected chi connectivity index (χ0v) is 18.2. The molecule has 3 aromatic heterocycles. The summed E-state index contributed by atoms with van der Waals surface area (Å²) in [6, 6.07) is 12.3. The van der Waals surface area contributed by atoms with Gasteiger partial charge in [-0.3, -0.25) is 4.98 Å². The molecule has 5 rings (SSSR count). The number of aromatic nitrogens is 4. The van der Waals surface area contributed by atoms with Crippen molar-refractivity contribution in [3.8, 4) is 22.4 Å². The summed E-state index contributed by atoms with van der Waals surface area (Å²) in [6.45, 7) is 2.07. The molecule has 0 amide bonds. The Bertz CT molecular complexity index is 1210. The number of fused-ring (bicyclic) bond motifs is 1. The van der Waals surface area contributed by atoms with Gasteiger partial charge in [0, 0.05) is 28.8 Å². The minimum atomic E-state index is 0.175. The van der Waals surface area contributed by atoms with Crippen molar-refractivity contribution >= 4 is 23.6 Å². The number of nitrogens with two attached hydrogens (primary N) is 1. The van der Waals surface area contributed by atoms with Crippen molar-refractivity contribution in [3.63, 3.8) is 0 Å². The second kappa shape index (κ2) is 8.30. The minimum absolute atomic E-state index is 0.175. The Morgan fingerprint density at radius 1 is 1.00 bits per heavy atom. The van der Waals surface area contributed by atoms with Gasteiger partial charge in [0.2, 0.25) is 0 Å². The normalized spacial score (nSPS) is 14.9. The van der Waals surface area contributed by atoms with Crippen molar-refractivity contribution in [1.82, 2.24) is 19.6 Å². The lowest BCUT2D eigenvalue weighted by Crippen LogP contribution is -2.12. The molecule has 0 aliphatic heterocycles. The van der Waals surface area contributed by atoms with Crippen LogP contribution >= 0.6 is 12.1 Å². The van der Waals surface area contributed by atoms with E-state index >= 15 is 0 Å². The Hall–Kier alpha value is -2.93. The van der Waals surface area contributed by atoms with Gasteiger partial charge in [0.1, 0.15) is 10.7 Å². The fourth-order valence-corrected chi connectivity index (χ4v) is 4.86. The van der Waals surface area contributed by atoms with Gasteiger partial charge in [0.25, 0.3) is 0 Å². The maximum atomic E-state index is 13.8. The third kappa shape index (κ3) is 3.67. The first kappa shape index (κ1) is 20.0. The fraction of sp³-hybridized carbons (Fsp3) is 0.292. The standard InChI is InChI=1S/C24H24FN5S/c1-15-7-9-16(10-8-15)20-12-11-18(13-27-20)19-14-28-30-23(26)22(31-25)21(29-24(19)30)17-5-3-2-4-6-17/h7-14,17H,2-6,26H2,1H3. The topological polar surface area (TPSA) is 69.1 Å². The molecular formula is C24H24FN5S. The van der Waals surface area contributed by atoms with Gasteiger partial charge in [-0.2, -0.15) is 13.5 Å². The molecule has 1 saturated carbocycles. The van der Waals surface area contributed by atoms with Gasteiger partial charge in [0.15, 0.2) is 5.65 Å². The molecule has 1 fully saturated rings. The molecule has 7 heteroatoms. The molecule has 0 atom stereocenters. The van der Waals surface area contributed by atoms with Crippen molar-refractivity contribution in [3.05, 3.63) is 60.0 Å². The highest BCUT2D eigenvalue weighted by Gasteiger charge is 2.25. The van der Waals surface area contributed by atoms with Crippen LogP contribution in [0.2, 0.25) is 0 Å². The van der Waals surface area contributed by atoms with Gasteiger partial charge >= 0.3 is 0 Å². The predicted molar refractivity (Wildman–Crippen MR) is 124 cm³/mol. The summed E-state index contributed by atoms with van der Waals surface area (Å²) in [5.74, 6) is 0.553. The summed E-state index contributed by atoms with van der Waals surface area (Å²) in [4.78, 5) is 9.94. The van der Waals surface area contributed by atoms with E-state index in [1.165, 1.54) is 16.5 Å². The minimum Gasteiger partial charge on any atom is -0.383 e. The number of hydrogen-bond acceptors (Lipinski definition) is 5. The van der Waals surface area contributed by atoms with Crippen LogP contribution in [0.25, 0.3) is 28.0 Å². The lowest BCUT2D eigenvalue weighted by Gasteiger charge is -2.23. The molecule has 0 radical (unpaired) electrons. The van der Waals surface area contributed by atoms with E-state index in [9.17, 15) is 3.89 Å². The maximum Gasteiger partial charge on any atom is 0.165 e. The van der Waals surface area contributed by atoms with Gasteiger partial charge in [-0.05, 0) is 25.8 Å². The van der Waals surface area contributed by atoms with E-state index in [0.717, 1.165) is 53.8 Å². The Balaban J connectivity index is 1.57. The van der Waals surface area contributed by atoms with Crippen LogP contribution in [0.15, 0.2) is 53.7 Å². The summed E-state index contributed by atoms with van der Waals surface area (Å²) in [7, 11) is 0. The van der Waals surface area contributed by atoms with Crippen LogP contribution in [-0.2, 0) is 0 Å². The van der Waals surface area contributed by atoms with Crippen molar-refractivity contribution in [2.75, 3.05) is 5.73 Å². The monoisotopic (exact) mass is 433 g/mol. The zero-order valence-electron chi connectivity index (χ0n) is 17.4. The molecule has 1 aromatic carbocycles. The highest BCUT2D eigenvalue weighted by atomic mass is 32.2. The number of halogens is 1. The first-order valence-electron chi connectivity index (χ1n) is 10.6. The van der Waals surface area contributed by atoms with E-state index in [1.807, 2.05) is 18.3 Å². The van der Waals surface area contributed by atoms with Gasteiger partial charge in [-0.1, -0.05) is 55.2 Å². The third-order valence-electron chi connectivity index (χ3n) is 6.15. The first-order valence-corrected chi connectivity index (χ1v) is 11.4. The van der Waals surface area contributed by atoms with Gasteiger partial charge in [-0.25, -0.2) is 4.98 Å². The average Bonchev–Trinajstić information content (AvgIpc) is 3.24. The molecule has 1 aliphatic carbocycles. The van der Waals surface area contributed by atoms with Gasteiger partial charge < -0.3 is 5.73 Å². The molecule has 0 unspecified atom stereocenters. The molecule has 0 bridgehead atoms. The number of hydrogen-bond donors (Lipinski definition) is 1. The molecule has 158 valence electrons. The zero-order chi connectivity index (χ0) is 21.4. The summed E-state index contributed by atoms with van der Waals surface area (Å²) in [5.41, 5.74) is 12.7. The Labute approximate surface area is 185 Å². The molecule has 3 heterocycles. The summed E-state index contributed by atoms with van der Waals surface area (Å²) >= 11 is 0.175. The van der Waals surface area contributed by atoms with Crippen LogP contribution in [-0.4, -0.2) is 19.6 Å². The van der Waals surface area contributed by atoms with Crippen LogP contribution in [0.1, 0.15) is 49.3 Å². The van der Waals surface area contributed by atoms with E-state index in [4.69, 9.17) is 10.7 Å². The second-order valence-corrected chi connectivity index (χ2v) is 8.78. The largest absolute Gasteiger partial charge is 0.383 e. The number of pyridine rings is 1. The number of rotatable bonds is 4. The van der Waals surface area contributed by atoms with Crippen molar-refractivity contribution in [1.29, 1.82) is 0 Å².